The summed E-state index contributed by atoms with van der Waals surface area (Å²) in [7, 11) is 0. The van der Waals surface area contributed by atoms with Gasteiger partial charge in [0.05, 0.1) is 80.0 Å². The molecule has 0 amide bonds. The Kier molecular flexibility index (Phi) is 5.13. The third-order valence-corrected chi connectivity index (χ3v) is 9.15. The summed E-state index contributed by atoms with van der Waals surface area (Å²) in [5, 5.41) is 22.4. The molecule has 6 heterocycles. The van der Waals surface area contributed by atoms with E-state index >= 15 is 0 Å². The molecule has 2 N–H and O–H groups in total. The molecule has 38 heavy (non-hydrogen) atoms. The zero-order chi connectivity index (χ0) is 25.4. The van der Waals surface area contributed by atoms with Crippen LogP contribution in [-0.4, -0.2) is 61.3 Å². The smallest absolute Gasteiger partial charge is 0.0956 e. The number of nitrogens with zero attached hydrogens (tertiary/aromatic N) is 4. The number of imidazole rings is 2. The molecule has 0 radical (unpaired) electrons. The standard InChI is InChI=1S/C30H30N4O4/c35-25-8-9-37-13-21(25)30-20-7-3-6-19(28(20)24-12-32-16-34(24)30)27-10-26(36)22(14-38-27)29-18-5-2-1-4-17(18)23-11-31-15-33(23)29/h1-7,11-12,15-16,21-22,25-27,29-30,35-36H,8-10,13-14H2/t21-,22+,25-,26+,27?,29+,30+/m0/s1. The summed E-state index contributed by atoms with van der Waals surface area (Å²) in [5.41, 5.74) is 7.88. The molecule has 4 aliphatic heterocycles. The second kappa shape index (κ2) is 8.61. The Labute approximate surface area is 220 Å². The predicted octanol–water partition coefficient (Wildman–Crippen LogP) is 3.76. The Morgan fingerprint density at radius 2 is 1.47 bits per heavy atom. The topological polar surface area (TPSA) is 94.6 Å². The van der Waals surface area contributed by atoms with Crippen molar-refractivity contribution in [1.82, 2.24) is 19.1 Å². The molecular weight excluding hydrogens is 480 g/mol. The van der Waals surface area contributed by atoms with Crippen molar-refractivity contribution in [2.75, 3.05) is 19.8 Å². The first-order valence-electron chi connectivity index (χ1n) is 13.5. The Hall–Kier alpha value is -3.30. The van der Waals surface area contributed by atoms with Crippen LogP contribution in [0.15, 0.2) is 67.5 Å². The Morgan fingerprint density at radius 3 is 2.32 bits per heavy atom. The van der Waals surface area contributed by atoms with Crippen molar-refractivity contribution in [3.63, 3.8) is 0 Å². The van der Waals surface area contributed by atoms with Crippen molar-refractivity contribution in [2.45, 2.75) is 43.2 Å². The third kappa shape index (κ3) is 3.18. The highest BCUT2D eigenvalue weighted by Crippen LogP contribution is 2.51. The van der Waals surface area contributed by atoms with Crippen LogP contribution in [0.4, 0.5) is 0 Å². The average molecular weight is 511 g/mol. The van der Waals surface area contributed by atoms with Gasteiger partial charge in [0, 0.05) is 36.0 Å². The van der Waals surface area contributed by atoms with Gasteiger partial charge in [0.1, 0.15) is 0 Å². The molecule has 0 bridgehead atoms. The largest absolute Gasteiger partial charge is 0.393 e. The number of aromatic nitrogens is 4. The highest BCUT2D eigenvalue weighted by Gasteiger charge is 2.44. The fourth-order valence-corrected chi connectivity index (χ4v) is 7.38. The summed E-state index contributed by atoms with van der Waals surface area (Å²) in [6, 6.07) is 14.7. The number of rotatable bonds is 3. The molecule has 8 heteroatoms. The Balaban J connectivity index is 1.12. The first kappa shape index (κ1) is 22.7. The van der Waals surface area contributed by atoms with E-state index in [1.807, 2.05) is 25.0 Å². The summed E-state index contributed by atoms with van der Waals surface area (Å²) < 4.78 is 16.7. The summed E-state index contributed by atoms with van der Waals surface area (Å²) in [5.74, 6) is -0.116. The molecule has 194 valence electrons. The van der Waals surface area contributed by atoms with Gasteiger partial charge in [-0.2, -0.15) is 0 Å². The zero-order valence-corrected chi connectivity index (χ0v) is 20.9. The third-order valence-electron chi connectivity index (χ3n) is 9.15. The number of aliphatic hydroxyl groups is 2. The van der Waals surface area contributed by atoms with Gasteiger partial charge in [0.2, 0.25) is 0 Å². The van der Waals surface area contributed by atoms with Crippen molar-refractivity contribution in [3.05, 3.63) is 84.2 Å². The van der Waals surface area contributed by atoms with E-state index in [2.05, 4.69) is 61.6 Å². The molecule has 2 saturated heterocycles. The maximum atomic E-state index is 11.6. The SMILES string of the molecule is O[C@@H]1CC(c2cccc3c2-c2cncn2[C@H]3[C@H]2COCC[C@@H]2O)OC[C@H]1[C@H]1c2ccccc2-c2cncn21. The second-order valence-electron chi connectivity index (χ2n) is 11.0. The van der Waals surface area contributed by atoms with E-state index in [0.29, 0.717) is 32.7 Å². The van der Waals surface area contributed by atoms with E-state index in [1.54, 1.807) is 0 Å². The van der Waals surface area contributed by atoms with Gasteiger partial charge < -0.3 is 28.8 Å². The first-order chi connectivity index (χ1) is 18.7. The van der Waals surface area contributed by atoms with Crippen molar-refractivity contribution < 1.29 is 19.7 Å². The van der Waals surface area contributed by atoms with Crippen LogP contribution in [0, 0.1) is 11.8 Å². The van der Waals surface area contributed by atoms with Gasteiger partial charge >= 0.3 is 0 Å². The summed E-state index contributed by atoms with van der Waals surface area (Å²) in [6.07, 6.45) is 7.49. The highest BCUT2D eigenvalue weighted by atomic mass is 16.5. The molecule has 8 rings (SSSR count). The van der Waals surface area contributed by atoms with Gasteiger partial charge in [0.25, 0.3) is 0 Å². The summed E-state index contributed by atoms with van der Waals surface area (Å²) in [6.45, 7) is 1.56. The Bertz CT molecular complexity index is 1510. The fraction of sp³-hybridized carbons (Fsp3) is 0.400. The van der Waals surface area contributed by atoms with Crippen LogP contribution in [-0.2, 0) is 9.47 Å². The minimum atomic E-state index is -0.535. The van der Waals surface area contributed by atoms with E-state index < -0.39 is 12.2 Å². The minimum absolute atomic E-state index is 0.000241. The van der Waals surface area contributed by atoms with Crippen LogP contribution in [0.25, 0.3) is 22.5 Å². The maximum Gasteiger partial charge on any atom is 0.0956 e. The van der Waals surface area contributed by atoms with Gasteiger partial charge in [-0.1, -0.05) is 42.5 Å². The fourth-order valence-electron chi connectivity index (χ4n) is 7.38. The number of ether oxygens (including phenoxy) is 2. The van der Waals surface area contributed by atoms with Gasteiger partial charge in [-0.25, -0.2) is 9.97 Å². The number of aliphatic hydroxyl groups excluding tert-OH is 2. The van der Waals surface area contributed by atoms with Crippen LogP contribution in [0.2, 0.25) is 0 Å². The lowest BCUT2D eigenvalue weighted by molar-refractivity contribution is -0.0943. The zero-order valence-electron chi connectivity index (χ0n) is 20.9. The second-order valence-corrected chi connectivity index (χ2v) is 11.0. The van der Waals surface area contributed by atoms with E-state index in [9.17, 15) is 10.2 Å². The average Bonchev–Trinajstić information content (AvgIpc) is 3.71. The molecule has 1 unspecified atom stereocenters. The molecule has 4 aromatic rings. The van der Waals surface area contributed by atoms with Crippen LogP contribution in [0.3, 0.4) is 0 Å². The van der Waals surface area contributed by atoms with Crippen LogP contribution in [0.5, 0.6) is 0 Å². The number of hydrogen-bond donors (Lipinski definition) is 2. The molecule has 8 nitrogen and oxygen atoms in total. The molecular formula is C30H30N4O4. The highest BCUT2D eigenvalue weighted by molar-refractivity contribution is 5.73. The van der Waals surface area contributed by atoms with Crippen molar-refractivity contribution in [1.29, 1.82) is 0 Å². The molecule has 4 aliphatic rings. The minimum Gasteiger partial charge on any atom is -0.393 e. The van der Waals surface area contributed by atoms with E-state index in [4.69, 9.17) is 9.47 Å². The predicted molar refractivity (Wildman–Crippen MR) is 139 cm³/mol. The van der Waals surface area contributed by atoms with E-state index in [-0.39, 0.29) is 30.0 Å². The molecule has 0 spiro atoms. The lowest BCUT2D eigenvalue weighted by Crippen LogP contribution is -2.39. The normalized spacial score (nSPS) is 31.5. The molecule has 2 aromatic carbocycles. The van der Waals surface area contributed by atoms with E-state index in [0.717, 1.165) is 22.5 Å². The van der Waals surface area contributed by atoms with Gasteiger partial charge in [-0.05, 0) is 23.1 Å². The molecule has 7 atom stereocenters. The van der Waals surface area contributed by atoms with Crippen molar-refractivity contribution >= 4 is 0 Å². The lowest BCUT2D eigenvalue weighted by Gasteiger charge is -2.38. The van der Waals surface area contributed by atoms with Crippen molar-refractivity contribution in [2.24, 2.45) is 11.8 Å². The quantitative estimate of drug-likeness (QED) is 0.436. The monoisotopic (exact) mass is 510 g/mol. The van der Waals surface area contributed by atoms with Gasteiger partial charge in [0.15, 0.2) is 0 Å². The molecule has 0 saturated carbocycles. The first-order valence-corrected chi connectivity index (χ1v) is 13.5. The lowest BCUT2D eigenvalue weighted by atomic mass is 9.81. The molecule has 0 aliphatic carbocycles. The number of fused-ring (bicyclic) bond motifs is 6. The van der Waals surface area contributed by atoms with Crippen LogP contribution < -0.4 is 0 Å². The van der Waals surface area contributed by atoms with Crippen molar-refractivity contribution in [3.8, 4) is 22.5 Å². The van der Waals surface area contributed by atoms with Crippen LogP contribution >= 0.6 is 0 Å². The molecule has 2 aromatic heterocycles. The Morgan fingerprint density at radius 1 is 0.763 bits per heavy atom. The number of benzene rings is 2. The van der Waals surface area contributed by atoms with E-state index in [1.165, 1.54) is 16.7 Å². The summed E-state index contributed by atoms with van der Waals surface area (Å²) in [4.78, 5) is 8.84. The van der Waals surface area contributed by atoms with Crippen LogP contribution in [0.1, 0.15) is 47.7 Å². The summed E-state index contributed by atoms with van der Waals surface area (Å²) >= 11 is 0. The van der Waals surface area contributed by atoms with Gasteiger partial charge in [-0.3, -0.25) is 0 Å². The molecule has 2 fully saturated rings. The number of hydrogen-bond acceptors (Lipinski definition) is 6. The maximum absolute atomic E-state index is 11.6. The van der Waals surface area contributed by atoms with Gasteiger partial charge in [-0.15, -0.1) is 0 Å².